The number of nitrogens with one attached hydrogen (secondary N) is 3. The molecule has 1 unspecified atom stereocenters. The quantitative estimate of drug-likeness (QED) is 0.469. The molecule has 1 atom stereocenters. The van der Waals surface area contributed by atoms with Gasteiger partial charge in [-0.1, -0.05) is 18.2 Å². The van der Waals surface area contributed by atoms with Crippen LogP contribution in [-0.4, -0.2) is 20.9 Å². The third-order valence-corrected chi connectivity index (χ3v) is 6.18. The van der Waals surface area contributed by atoms with Gasteiger partial charge in [0, 0.05) is 39.8 Å². The lowest BCUT2D eigenvalue weighted by molar-refractivity contribution is 0.0935. The first-order valence-corrected chi connectivity index (χ1v) is 10.3. The zero-order valence-electron chi connectivity index (χ0n) is 16.5. The van der Waals surface area contributed by atoms with E-state index in [0.717, 1.165) is 26.9 Å². The monoisotopic (exact) mass is 406 g/mol. The van der Waals surface area contributed by atoms with Crippen molar-refractivity contribution >= 4 is 28.1 Å². The molecule has 0 saturated carbocycles. The Hall–Kier alpha value is -3.19. The van der Waals surface area contributed by atoms with E-state index in [1.54, 1.807) is 18.3 Å². The van der Waals surface area contributed by atoms with Gasteiger partial charge >= 0.3 is 0 Å². The summed E-state index contributed by atoms with van der Waals surface area (Å²) in [5.41, 5.74) is 4.06. The number of amides is 1. The minimum atomic E-state index is -0.428. The summed E-state index contributed by atoms with van der Waals surface area (Å²) < 4.78 is 0. The molecule has 148 valence electrons. The number of carbonyl (C=O) groups excluding carboxylic acids is 1. The third kappa shape index (κ3) is 3.86. The molecule has 6 nitrogen and oxygen atoms in total. The number of carbonyl (C=O) groups is 1. The summed E-state index contributed by atoms with van der Waals surface area (Å²) in [5.74, 6) is 0.365. The Morgan fingerprint density at radius 1 is 1.24 bits per heavy atom. The third-order valence-electron chi connectivity index (χ3n) is 5.17. The minimum absolute atomic E-state index is 0.156. The molecule has 0 aliphatic rings. The Kier molecular flexibility index (Phi) is 5.07. The van der Waals surface area contributed by atoms with Gasteiger partial charge in [0.25, 0.3) is 11.5 Å². The number of hydrogen-bond donors (Lipinski definition) is 3. The van der Waals surface area contributed by atoms with Crippen LogP contribution >= 0.6 is 11.3 Å². The van der Waals surface area contributed by atoms with Crippen molar-refractivity contribution in [3.63, 3.8) is 0 Å². The first kappa shape index (κ1) is 19.1. The van der Waals surface area contributed by atoms with Gasteiger partial charge in [-0.05, 0) is 38.0 Å². The number of H-pyrrole nitrogens is 2. The van der Waals surface area contributed by atoms with E-state index in [9.17, 15) is 9.59 Å². The molecular weight excluding hydrogens is 384 g/mol. The van der Waals surface area contributed by atoms with E-state index in [1.165, 1.54) is 6.07 Å². The van der Waals surface area contributed by atoms with Gasteiger partial charge in [-0.15, -0.1) is 11.3 Å². The highest BCUT2D eigenvalue weighted by Gasteiger charge is 2.22. The molecule has 4 rings (SSSR count). The van der Waals surface area contributed by atoms with Gasteiger partial charge in [-0.2, -0.15) is 0 Å². The highest BCUT2D eigenvalue weighted by Crippen LogP contribution is 2.25. The second-order valence-corrected chi connectivity index (χ2v) is 8.26. The minimum Gasteiger partial charge on any atom is -0.361 e. The van der Waals surface area contributed by atoms with E-state index in [2.05, 4.69) is 20.3 Å². The molecule has 0 spiro atoms. The van der Waals surface area contributed by atoms with Crippen LogP contribution in [0.25, 0.3) is 10.9 Å². The normalized spacial score (nSPS) is 12.2. The SMILES string of the molecule is Cc1nc(C(Cc2c[nH]c3ccccc23)NC(=O)c2csc(C)c2C)cc(=O)[nH]1. The molecule has 3 heterocycles. The molecule has 3 aromatic heterocycles. The molecule has 0 bridgehead atoms. The Bertz CT molecular complexity index is 1250. The zero-order valence-corrected chi connectivity index (χ0v) is 17.3. The summed E-state index contributed by atoms with van der Waals surface area (Å²) in [7, 11) is 0. The predicted molar refractivity (Wildman–Crippen MR) is 116 cm³/mol. The van der Waals surface area contributed by atoms with Crippen LogP contribution < -0.4 is 10.9 Å². The molecule has 7 heteroatoms. The molecule has 0 radical (unpaired) electrons. The molecule has 29 heavy (non-hydrogen) atoms. The second kappa shape index (κ2) is 7.67. The number of rotatable bonds is 5. The lowest BCUT2D eigenvalue weighted by Gasteiger charge is -2.18. The van der Waals surface area contributed by atoms with E-state index >= 15 is 0 Å². The molecule has 1 amide bonds. The van der Waals surface area contributed by atoms with Crippen molar-refractivity contribution in [1.29, 1.82) is 0 Å². The van der Waals surface area contributed by atoms with Crippen molar-refractivity contribution in [3.8, 4) is 0 Å². The number of aryl methyl sites for hydroxylation is 2. The highest BCUT2D eigenvalue weighted by atomic mass is 32.1. The maximum Gasteiger partial charge on any atom is 0.252 e. The summed E-state index contributed by atoms with van der Waals surface area (Å²) in [6.07, 6.45) is 2.47. The zero-order chi connectivity index (χ0) is 20.5. The summed E-state index contributed by atoms with van der Waals surface area (Å²) in [5, 5.41) is 6.07. The number of nitrogens with zero attached hydrogens (tertiary/aromatic N) is 1. The van der Waals surface area contributed by atoms with Crippen molar-refractivity contribution in [1.82, 2.24) is 20.3 Å². The van der Waals surface area contributed by atoms with Crippen molar-refractivity contribution in [2.75, 3.05) is 0 Å². The fourth-order valence-electron chi connectivity index (χ4n) is 3.50. The van der Waals surface area contributed by atoms with Gasteiger partial charge in [-0.25, -0.2) is 4.98 Å². The van der Waals surface area contributed by atoms with E-state index in [0.29, 0.717) is 23.5 Å². The van der Waals surface area contributed by atoms with Crippen molar-refractivity contribution < 1.29 is 4.79 Å². The summed E-state index contributed by atoms with van der Waals surface area (Å²) in [6, 6.07) is 9.05. The Labute approximate surface area is 172 Å². The second-order valence-electron chi connectivity index (χ2n) is 7.18. The van der Waals surface area contributed by atoms with E-state index < -0.39 is 6.04 Å². The molecule has 0 fully saturated rings. The number of thiophene rings is 1. The van der Waals surface area contributed by atoms with Crippen LogP contribution in [0.4, 0.5) is 0 Å². The van der Waals surface area contributed by atoms with Crippen molar-refractivity contribution in [2.45, 2.75) is 33.2 Å². The average Bonchev–Trinajstić information content (AvgIpc) is 3.24. The number of hydrogen-bond acceptors (Lipinski definition) is 4. The van der Waals surface area contributed by atoms with Gasteiger partial charge in [0.2, 0.25) is 0 Å². The maximum absolute atomic E-state index is 13.0. The Morgan fingerprint density at radius 2 is 2.03 bits per heavy atom. The van der Waals surface area contributed by atoms with Gasteiger partial charge in [-0.3, -0.25) is 9.59 Å². The predicted octanol–water partition coefficient (Wildman–Crippen LogP) is 3.95. The maximum atomic E-state index is 13.0. The van der Waals surface area contributed by atoms with Crippen LogP contribution in [0.5, 0.6) is 0 Å². The van der Waals surface area contributed by atoms with Crippen LogP contribution in [0.15, 0.2) is 46.7 Å². The lowest BCUT2D eigenvalue weighted by Crippen LogP contribution is -2.32. The van der Waals surface area contributed by atoms with Crippen LogP contribution in [0.2, 0.25) is 0 Å². The van der Waals surface area contributed by atoms with E-state index in [1.807, 2.05) is 49.7 Å². The molecule has 1 aromatic carbocycles. The number of fused-ring (bicyclic) bond motifs is 1. The highest BCUT2D eigenvalue weighted by molar-refractivity contribution is 7.10. The molecule has 3 N–H and O–H groups in total. The molecular formula is C22H22N4O2S. The molecule has 0 saturated heterocycles. The lowest BCUT2D eigenvalue weighted by atomic mass is 10.0. The van der Waals surface area contributed by atoms with Crippen molar-refractivity contribution in [2.24, 2.45) is 0 Å². The van der Waals surface area contributed by atoms with E-state index in [-0.39, 0.29) is 11.5 Å². The topological polar surface area (TPSA) is 90.6 Å². The molecule has 4 aromatic rings. The van der Waals surface area contributed by atoms with Gasteiger partial charge in [0.1, 0.15) is 5.82 Å². The van der Waals surface area contributed by atoms with Gasteiger partial charge in [0.15, 0.2) is 0 Å². The first-order chi connectivity index (χ1) is 13.9. The molecule has 0 aliphatic carbocycles. The van der Waals surface area contributed by atoms with Gasteiger partial charge in [0.05, 0.1) is 17.3 Å². The molecule has 0 aliphatic heterocycles. The fourth-order valence-corrected chi connectivity index (χ4v) is 4.37. The van der Waals surface area contributed by atoms with Crippen LogP contribution in [0.3, 0.4) is 0 Å². The first-order valence-electron chi connectivity index (χ1n) is 9.41. The Morgan fingerprint density at radius 3 is 2.76 bits per heavy atom. The number of para-hydroxylation sites is 1. The van der Waals surface area contributed by atoms with Crippen LogP contribution in [0.1, 0.15) is 43.9 Å². The van der Waals surface area contributed by atoms with Crippen LogP contribution in [-0.2, 0) is 6.42 Å². The van der Waals surface area contributed by atoms with Crippen molar-refractivity contribution in [3.05, 3.63) is 85.3 Å². The fraction of sp³-hybridized carbons (Fsp3) is 0.227. The van der Waals surface area contributed by atoms with Crippen LogP contribution in [0, 0.1) is 20.8 Å². The smallest absolute Gasteiger partial charge is 0.252 e. The largest absolute Gasteiger partial charge is 0.361 e. The van der Waals surface area contributed by atoms with E-state index in [4.69, 9.17) is 0 Å². The summed E-state index contributed by atoms with van der Waals surface area (Å²) in [4.78, 5) is 36.6. The number of aromatic amines is 2. The summed E-state index contributed by atoms with van der Waals surface area (Å²) in [6.45, 7) is 5.69. The van der Waals surface area contributed by atoms with Gasteiger partial charge < -0.3 is 15.3 Å². The standard InChI is InChI=1S/C22H22N4O2S/c1-12-13(2)29-11-17(12)22(28)26-19(20-9-21(27)25-14(3)24-20)8-15-10-23-18-7-5-4-6-16(15)18/h4-7,9-11,19,23H,8H2,1-3H3,(H,26,28)(H,24,25,27). The number of aromatic nitrogens is 3. The average molecular weight is 407 g/mol. The Balaban J connectivity index is 1.71. The number of benzene rings is 1. The summed E-state index contributed by atoms with van der Waals surface area (Å²) >= 11 is 1.56.